The Morgan fingerprint density at radius 1 is 1.00 bits per heavy atom. The molecule has 2 aromatic rings. The summed E-state index contributed by atoms with van der Waals surface area (Å²) in [7, 11) is 0. The van der Waals surface area contributed by atoms with E-state index >= 15 is 0 Å². The van der Waals surface area contributed by atoms with E-state index in [2.05, 4.69) is 0 Å². The fourth-order valence-corrected chi connectivity index (χ4v) is 1.62. The molecule has 2 nitrogen and oxygen atoms in total. The number of benzene rings is 2. The van der Waals surface area contributed by atoms with Gasteiger partial charge in [0.25, 0.3) is 0 Å². The predicted octanol–water partition coefficient (Wildman–Crippen LogP) is 2.86. The van der Waals surface area contributed by atoms with Gasteiger partial charge in [-0.05, 0) is 23.3 Å². The van der Waals surface area contributed by atoms with Gasteiger partial charge in [0.1, 0.15) is 18.2 Å². The smallest absolute Gasteiger partial charge is 0.126 e. The van der Waals surface area contributed by atoms with Gasteiger partial charge >= 0.3 is 0 Å². The van der Waals surface area contributed by atoms with E-state index in [1.54, 1.807) is 12.1 Å². The van der Waals surface area contributed by atoms with Crippen LogP contribution in [0.25, 0.3) is 0 Å². The lowest BCUT2D eigenvalue weighted by Crippen LogP contribution is -2.04. The number of hydrogen-bond donors (Lipinski definition) is 1. The second-order valence-corrected chi connectivity index (χ2v) is 3.72. The van der Waals surface area contributed by atoms with Gasteiger partial charge in [-0.1, -0.05) is 30.3 Å². The van der Waals surface area contributed by atoms with Gasteiger partial charge < -0.3 is 10.5 Å². The Morgan fingerprint density at radius 3 is 2.47 bits per heavy atom. The quantitative estimate of drug-likeness (QED) is 0.878. The topological polar surface area (TPSA) is 35.2 Å². The summed E-state index contributed by atoms with van der Waals surface area (Å²) in [5.74, 6) is 0.228. The molecule has 0 bridgehead atoms. The van der Waals surface area contributed by atoms with Crippen molar-refractivity contribution in [3.63, 3.8) is 0 Å². The molecule has 2 rings (SSSR count). The molecule has 0 unspecified atom stereocenters. The molecule has 0 heterocycles. The molecular formula is C14H14FNO. The molecule has 2 N–H and O–H groups in total. The molecular weight excluding hydrogens is 217 g/mol. The van der Waals surface area contributed by atoms with Crippen molar-refractivity contribution in [3.05, 3.63) is 65.5 Å². The van der Waals surface area contributed by atoms with Crippen LogP contribution >= 0.6 is 0 Å². The fraction of sp³-hybridized carbons (Fsp3) is 0.143. The van der Waals surface area contributed by atoms with Crippen LogP contribution in [-0.4, -0.2) is 0 Å². The lowest BCUT2D eigenvalue weighted by molar-refractivity contribution is 0.303. The lowest BCUT2D eigenvalue weighted by Gasteiger charge is -2.09. The standard InChI is InChI=1S/C14H14FNO/c15-13-6-3-7-14(8-13)17-10-12-5-2-1-4-11(12)9-16/h1-8H,9-10,16H2. The summed E-state index contributed by atoms with van der Waals surface area (Å²) in [6.45, 7) is 0.875. The van der Waals surface area contributed by atoms with E-state index in [4.69, 9.17) is 10.5 Å². The fourth-order valence-electron chi connectivity index (χ4n) is 1.62. The first-order valence-corrected chi connectivity index (χ1v) is 5.45. The van der Waals surface area contributed by atoms with E-state index in [9.17, 15) is 4.39 Å². The van der Waals surface area contributed by atoms with Crippen LogP contribution in [0.3, 0.4) is 0 Å². The molecule has 0 radical (unpaired) electrons. The second kappa shape index (κ2) is 5.46. The summed E-state index contributed by atoms with van der Waals surface area (Å²) in [4.78, 5) is 0. The summed E-state index contributed by atoms with van der Waals surface area (Å²) in [5.41, 5.74) is 7.70. The van der Waals surface area contributed by atoms with Crippen molar-refractivity contribution in [2.75, 3.05) is 0 Å². The number of hydrogen-bond acceptors (Lipinski definition) is 2. The number of ether oxygens (including phenoxy) is 1. The average Bonchev–Trinajstić information content (AvgIpc) is 2.37. The Kier molecular flexibility index (Phi) is 3.73. The maximum Gasteiger partial charge on any atom is 0.126 e. The molecule has 0 saturated heterocycles. The maximum absolute atomic E-state index is 12.9. The molecule has 3 heteroatoms. The number of rotatable bonds is 4. The van der Waals surface area contributed by atoms with Gasteiger partial charge in [-0.15, -0.1) is 0 Å². The van der Waals surface area contributed by atoms with Gasteiger partial charge in [-0.3, -0.25) is 0 Å². The van der Waals surface area contributed by atoms with E-state index < -0.39 is 0 Å². The van der Waals surface area contributed by atoms with Crippen LogP contribution in [0.2, 0.25) is 0 Å². The molecule has 0 aliphatic rings. The number of halogens is 1. The van der Waals surface area contributed by atoms with E-state index in [1.807, 2.05) is 24.3 Å². The highest BCUT2D eigenvalue weighted by molar-refractivity contribution is 5.28. The van der Waals surface area contributed by atoms with Crippen LogP contribution in [0, 0.1) is 5.82 Å². The summed E-state index contributed by atoms with van der Waals surface area (Å²) >= 11 is 0. The highest BCUT2D eigenvalue weighted by Crippen LogP contribution is 2.15. The number of nitrogens with two attached hydrogens (primary N) is 1. The highest BCUT2D eigenvalue weighted by atomic mass is 19.1. The lowest BCUT2D eigenvalue weighted by atomic mass is 10.1. The molecule has 0 aliphatic carbocycles. The third-order valence-electron chi connectivity index (χ3n) is 2.53. The van der Waals surface area contributed by atoms with Gasteiger partial charge in [0.05, 0.1) is 0 Å². The van der Waals surface area contributed by atoms with Crippen molar-refractivity contribution in [2.24, 2.45) is 5.73 Å². The zero-order chi connectivity index (χ0) is 12.1. The molecule has 0 saturated carbocycles. The van der Waals surface area contributed by atoms with Gasteiger partial charge in [0.2, 0.25) is 0 Å². The zero-order valence-electron chi connectivity index (χ0n) is 9.40. The normalized spacial score (nSPS) is 10.2. The van der Waals surface area contributed by atoms with Gasteiger partial charge in [-0.2, -0.15) is 0 Å². The van der Waals surface area contributed by atoms with E-state index in [-0.39, 0.29) is 5.82 Å². The first kappa shape index (κ1) is 11.6. The summed E-state index contributed by atoms with van der Waals surface area (Å²) in [5, 5.41) is 0. The predicted molar refractivity (Wildman–Crippen MR) is 65.1 cm³/mol. The average molecular weight is 231 g/mol. The molecule has 0 fully saturated rings. The van der Waals surface area contributed by atoms with Crippen LogP contribution in [0.5, 0.6) is 5.75 Å². The van der Waals surface area contributed by atoms with Gasteiger partial charge in [-0.25, -0.2) is 4.39 Å². The zero-order valence-corrected chi connectivity index (χ0v) is 9.40. The summed E-state index contributed by atoms with van der Waals surface area (Å²) in [6, 6.07) is 13.9. The first-order chi connectivity index (χ1) is 8.29. The largest absolute Gasteiger partial charge is 0.489 e. The molecule has 0 amide bonds. The van der Waals surface area contributed by atoms with E-state index in [1.165, 1.54) is 12.1 Å². The SMILES string of the molecule is NCc1ccccc1COc1cccc(F)c1. The minimum atomic E-state index is -0.297. The van der Waals surface area contributed by atoms with E-state index in [0.29, 0.717) is 18.9 Å². The molecule has 0 atom stereocenters. The van der Waals surface area contributed by atoms with E-state index in [0.717, 1.165) is 11.1 Å². The van der Waals surface area contributed by atoms with Crippen molar-refractivity contribution in [2.45, 2.75) is 13.2 Å². The van der Waals surface area contributed by atoms with Crippen LogP contribution in [-0.2, 0) is 13.2 Å². The molecule has 88 valence electrons. The van der Waals surface area contributed by atoms with Gasteiger partial charge in [0, 0.05) is 12.6 Å². The van der Waals surface area contributed by atoms with Crippen LogP contribution in [0.15, 0.2) is 48.5 Å². The molecule has 0 aromatic heterocycles. The van der Waals surface area contributed by atoms with Crippen molar-refractivity contribution in [3.8, 4) is 5.75 Å². The van der Waals surface area contributed by atoms with Crippen LogP contribution in [0.4, 0.5) is 4.39 Å². The van der Waals surface area contributed by atoms with Crippen molar-refractivity contribution < 1.29 is 9.13 Å². The third-order valence-corrected chi connectivity index (χ3v) is 2.53. The molecule has 0 aliphatic heterocycles. The van der Waals surface area contributed by atoms with Gasteiger partial charge in [0.15, 0.2) is 0 Å². The van der Waals surface area contributed by atoms with Crippen LogP contribution in [0.1, 0.15) is 11.1 Å². The summed E-state index contributed by atoms with van der Waals surface area (Å²) < 4.78 is 18.5. The van der Waals surface area contributed by atoms with Crippen molar-refractivity contribution in [1.82, 2.24) is 0 Å². The van der Waals surface area contributed by atoms with Crippen molar-refractivity contribution in [1.29, 1.82) is 0 Å². The minimum absolute atomic E-state index is 0.297. The molecule has 17 heavy (non-hydrogen) atoms. The second-order valence-electron chi connectivity index (χ2n) is 3.72. The Labute approximate surface area is 99.8 Å². The molecule has 0 spiro atoms. The highest BCUT2D eigenvalue weighted by Gasteiger charge is 2.01. The Bertz CT molecular complexity index is 499. The Morgan fingerprint density at radius 2 is 1.76 bits per heavy atom. The Balaban J connectivity index is 2.07. The first-order valence-electron chi connectivity index (χ1n) is 5.45. The third kappa shape index (κ3) is 3.04. The minimum Gasteiger partial charge on any atom is -0.489 e. The molecule has 2 aromatic carbocycles. The Hall–Kier alpha value is -1.87. The van der Waals surface area contributed by atoms with Crippen molar-refractivity contribution >= 4 is 0 Å². The van der Waals surface area contributed by atoms with Crippen LogP contribution < -0.4 is 10.5 Å². The monoisotopic (exact) mass is 231 g/mol. The maximum atomic E-state index is 12.9. The summed E-state index contributed by atoms with van der Waals surface area (Å²) in [6.07, 6.45) is 0.